The van der Waals surface area contributed by atoms with E-state index in [2.05, 4.69) is 20.2 Å². The second kappa shape index (κ2) is 7.66. The number of alkyl halides is 5. The zero-order chi connectivity index (χ0) is 25.1. The van der Waals surface area contributed by atoms with Crippen molar-refractivity contribution in [2.75, 3.05) is 5.75 Å². The third kappa shape index (κ3) is 3.52. The minimum absolute atomic E-state index is 0.130. The molecule has 14 heteroatoms. The number of pyridine rings is 1. The number of sulfone groups is 1. The average Bonchev–Trinajstić information content (AvgIpc) is 3.12. The molecule has 8 nitrogen and oxygen atoms in total. The molecule has 0 fully saturated rings. The molecule has 3 heterocycles. The van der Waals surface area contributed by atoms with Gasteiger partial charge in [0.2, 0.25) is 0 Å². The zero-order valence-electron chi connectivity index (χ0n) is 17.4. The lowest BCUT2D eigenvalue weighted by atomic mass is 10.1. The van der Waals surface area contributed by atoms with Gasteiger partial charge in [0.15, 0.2) is 21.3 Å². The van der Waals surface area contributed by atoms with Crippen molar-refractivity contribution < 1.29 is 30.4 Å². The van der Waals surface area contributed by atoms with Crippen LogP contribution >= 0.6 is 0 Å². The Morgan fingerprint density at radius 1 is 1.12 bits per heavy atom. The van der Waals surface area contributed by atoms with E-state index in [9.17, 15) is 30.4 Å². The Labute approximate surface area is 188 Å². The third-order valence-electron chi connectivity index (χ3n) is 5.17. The van der Waals surface area contributed by atoms with Gasteiger partial charge in [0.25, 0.3) is 0 Å². The lowest BCUT2D eigenvalue weighted by molar-refractivity contribution is -0.291. The summed E-state index contributed by atoms with van der Waals surface area (Å²) in [5.41, 5.74) is -2.03. The monoisotopic (exact) mass is 496 g/mol. The fourth-order valence-electron chi connectivity index (χ4n) is 3.38. The van der Waals surface area contributed by atoms with E-state index >= 15 is 0 Å². The molecular weight excluding hydrogens is 483 g/mol. The molecule has 0 spiro atoms. The first-order chi connectivity index (χ1) is 15.8. The Hall–Kier alpha value is -3.73. The van der Waals surface area contributed by atoms with Crippen LogP contribution in [0.15, 0.2) is 35.4 Å². The van der Waals surface area contributed by atoms with Gasteiger partial charge in [-0.05, 0) is 18.2 Å². The number of rotatable bonds is 4. The van der Waals surface area contributed by atoms with Crippen molar-refractivity contribution >= 4 is 31.8 Å². The van der Waals surface area contributed by atoms with Crippen molar-refractivity contribution in [1.29, 1.82) is 5.26 Å². The molecule has 0 aliphatic heterocycles. The summed E-state index contributed by atoms with van der Waals surface area (Å²) in [7, 11) is -2.56. The molecule has 0 bridgehead atoms. The van der Waals surface area contributed by atoms with Crippen molar-refractivity contribution in [2.24, 2.45) is 7.05 Å². The molecule has 34 heavy (non-hydrogen) atoms. The molecule has 1 aromatic carbocycles. The fraction of sp³-hybridized carbons (Fsp3) is 0.250. The van der Waals surface area contributed by atoms with Crippen LogP contribution in [0.4, 0.5) is 22.0 Å². The highest BCUT2D eigenvalue weighted by Gasteiger charge is 2.60. The smallest absolute Gasteiger partial charge is 0.309 e. The summed E-state index contributed by atoms with van der Waals surface area (Å²) >= 11 is 0. The number of hydrogen-bond acceptors (Lipinski definition) is 7. The summed E-state index contributed by atoms with van der Waals surface area (Å²) in [6.45, 7) is 1.41. The second-order valence-electron chi connectivity index (χ2n) is 7.26. The quantitative estimate of drug-likeness (QED) is 0.394. The fourth-order valence-corrected chi connectivity index (χ4v) is 4.63. The summed E-state index contributed by atoms with van der Waals surface area (Å²) in [4.78, 5) is 8.03. The lowest BCUT2D eigenvalue weighted by Crippen LogP contribution is -2.34. The SMILES string of the molecule is CCS(=O)(=O)c1c(-c2nc3cc(C(F)(F)C(F)(F)F)nnc3n2C)ncc2cc(C#N)ccc12. The van der Waals surface area contributed by atoms with Crippen LogP contribution in [0, 0.1) is 11.3 Å². The Balaban J connectivity index is 2.02. The van der Waals surface area contributed by atoms with Gasteiger partial charge in [-0.25, -0.2) is 13.4 Å². The first-order valence-electron chi connectivity index (χ1n) is 9.53. The molecule has 4 aromatic rings. The van der Waals surface area contributed by atoms with E-state index in [1.165, 1.54) is 42.9 Å². The van der Waals surface area contributed by atoms with Gasteiger partial charge in [0.05, 0.1) is 17.4 Å². The largest absolute Gasteiger partial charge is 0.459 e. The topological polar surface area (TPSA) is 114 Å². The van der Waals surface area contributed by atoms with E-state index < -0.39 is 27.6 Å². The van der Waals surface area contributed by atoms with Gasteiger partial charge in [-0.2, -0.15) is 27.2 Å². The number of aromatic nitrogens is 5. The molecule has 0 aliphatic carbocycles. The number of imidazole rings is 1. The molecule has 0 saturated carbocycles. The van der Waals surface area contributed by atoms with Crippen molar-refractivity contribution in [3.05, 3.63) is 41.7 Å². The average molecular weight is 496 g/mol. The van der Waals surface area contributed by atoms with Crippen molar-refractivity contribution in [2.45, 2.75) is 23.9 Å². The van der Waals surface area contributed by atoms with Crippen LogP contribution in [0.1, 0.15) is 18.2 Å². The number of halogens is 5. The molecule has 3 aromatic heterocycles. The molecule has 0 saturated heterocycles. The van der Waals surface area contributed by atoms with E-state index in [1.807, 2.05) is 6.07 Å². The zero-order valence-corrected chi connectivity index (χ0v) is 18.2. The van der Waals surface area contributed by atoms with E-state index in [1.54, 1.807) is 0 Å². The number of benzene rings is 1. The molecule has 4 rings (SSSR count). The van der Waals surface area contributed by atoms with Crippen LogP contribution in [-0.2, 0) is 22.8 Å². The van der Waals surface area contributed by atoms with Crippen LogP contribution in [0.5, 0.6) is 0 Å². The highest BCUT2D eigenvalue weighted by Crippen LogP contribution is 2.43. The van der Waals surface area contributed by atoms with Gasteiger partial charge in [0, 0.05) is 24.0 Å². The minimum Gasteiger partial charge on any atom is -0.309 e. The summed E-state index contributed by atoms with van der Waals surface area (Å²) < 4.78 is 92.9. The number of nitriles is 1. The Bertz CT molecular complexity index is 1610. The maximum Gasteiger partial charge on any atom is 0.459 e. The van der Waals surface area contributed by atoms with Crippen molar-refractivity contribution in [3.8, 4) is 17.6 Å². The molecule has 0 aliphatic rings. The molecule has 0 radical (unpaired) electrons. The third-order valence-corrected chi connectivity index (χ3v) is 6.97. The minimum atomic E-state index is -5.89. The first-order valence-corrected chi connectivity index (χ1v) is 11.2. The Morgan fingerprint density at radius 2 is 1.82 bits per heavy atom. The molecule has 176 valence electrons. The van der Waals surface area contributed by atoms with E-state index in [0.717, 1.165) is 0 Å². The highest BCUT2D eigenvalue weighted by atomic mass is 32.2. The highest BCUT2D eigenvalue weighted by molar-refractivity contribution is 7.91. The van der Waals surface area contributed by atoms with E-state index in [-0.39, 0.29) is 44.3 Å². The van der Waals surface area contributed by atoms with Crippen molar-refractivity contribution in [3.63, 3.8) is 0 Å². The maximum absolute atomic E-state index is 13.7. The summed E-state index contributed by atoms with van der Waals surface area (Å²) in [6.07, 6.45) is -4.58. The molecular formula is C20H13F5N6O2S. The molecule has 0 atom stereocenters. The van der Waals surface area contributed by atoms with Gasteiger partial charge >= 0.3 is 12.1 Å². The van der Waals surface area contributed by atoms with E-state index in [0.29, 0.717) is 11.5 Å². The van der Waals surface area contributed by atoms with Gasteiger partial charge in [0.1, 0.15) is 21.8 Å². The normalized spacial score (nSPS) is 12.9. The van der Waals surface area contributed by atoms with Crippen LogP contribution in [0.2, 0.25) is 0 Å². The second-order valence-corrected chi connectivity index (χ2v) is 9.47. The maximum atomic E-state index is 13.7. The molecule has 0 N–H and O–H groups in total. The predicted octanol–water partition coefficient (Wildman–Crippen LogP) is 3.90. The Kier molecular flexibility index (Phi) is 5.28. The van der Waals surface area contributed by atoms with Crippen LogP contribution in [0.25, 0.3) is 33.5 Å². The molecule has 0 unspecified atom stereocenters. The summed E-state index contributed by atoms with van der Waals surface area (Å²) in [5.74, 6) is -5.70. The standard InChI is InChI=1S/C20H13F5N6O2S/c1-3-34(32,33)16-12-5-4-10(8-26)6-11(12)9-27-15(16)18-28-13-7-14(19(21,22)20(23,24)25)29-30-17(13)31(18)2/h4-7,9H,3H2,1-2H3. The van der Waals surface area contributed by atoms with Crippen LogP contribution < -0.4 is 0 Å². The Morgan fingerprint density at radius 3 is 2.44 bits per heavy atom. The lowest BCUT2D eigenvalue weighted by Gasteiger charge is -2.17. The van der Waals surface area contributed by atoms with Gasteiger partial charge in [-0.1, -0.05) is 13.0 Å². The number of aryl methyl sites for hydroxylation is 1. The molecule has 0 amide bonds. The van der Waals surface area contributed by atoms with Gasteiger partial charge in [-0.3, -0.25) is 4.98 Å². The number of nitrogens with zero attached hydrogens (tertiary/aromatic N) is 6. The van der Waals surface area contributed by atoms with E-state index in [4.69, 9.17) is 5.26 Å². The summed E-state index contributed by atoms with van der Waals surface area (Å²) in [5, 5.41) is 16.2. The predicted molar refractivity (Wildman–Crippen MR) is 109 cm³/mol. The first kappa shape index (κ1) is 23.4. The summed E-state index contributed by atoms with van der Waals surface area (Å²) in [6, 6.07) is 6.71. The van der Waals surface area contributed by atoms with Gasteiger partial charge in [-0.15, -0.1) is 10.2 Å². The van der Waals surface area contributed by atoms with Gasteiger partial charge < -0.3 is 4.57 Å². The number of fused-ring (bicyclic) bond motifs is 2. The van der Waals surface area contributed by atoms with Crippen LogP contribution in [0.3, 0.4) is 0 Å². The number of hydrogen-bond donors (Lipinski definition) is 0. The van der Waals surface area contributed by atoms with Crippen LogP contribution in [-0.4, -0.2) is 45.1 Å². The van der Waals surface area contributed by atoms with Crippen molar-refractivity contribution in [1.82, 2.24) is 24.7 Å².